The van der Waals surface area contributed by atoms with Gasteiger partial charge < -0.3 is 10.6 Å². The number of rotatable bonds is 7. The molecule has 2 N–H and O–H groups in total. The van der Waals surface area contributed by atoms with E-state index < -0.39 is 15.5 Å². The summed E-state index contributed by atoms with van der Waals surface area (Å²) in [6.07, 6.45) is 1.63. The highest BCUT2D eigenvalue weighted by Crippen LogP contribution is 2.29. The minimum absolute atomic E-state index is 0.0423. The van der Waals surface area contributed by atoms with E-state index in [2.05, 4.69) is 43.3 Å². The second-order valence-electron chi connectivity index (χ2n) is 8.23. The number of hydrogen-bond donors (Lipinski definition) is 2. The maximum Gasteiger partial charge on any atom is 0.511 e. The van der Waals surface area contributed by atoms with Crippen molar-refractivity contribution in [2.24, 2.45) is 16.3 Å². The predicted molar refractivity (Wildman–Crippen MR) is 102 cm³/mol. The number of nitrogens with one attached hydrogen (secondary N) is 2. The SMILES string of the molecule is CCNC(=NCC(C)(C)CC(C)C)NC1CCN(S(=O)(=O)C(F)(F)F)CC1. The zero-order valence-corrected chi connectivity index (χ0v) is 17.7. The fraction of sp³-hybridized carbons (Fsp3) is 0.941. The number of aliphatic imine (C=N–C) groups is 1. The maximum atomic E-state index is 12.7. The van der Waals surface area contributed by atoms with Gasteiger partial charge in [-0.3, -0.25) is 4.99 Å². The lowest BCUT2D eigenvalue weighted by Gasteiger charge is -2.33. The van der Waals surface area contributed by atoms with Crippen molar-refractivity contribution >= 4 is 16.0 Å². The summed E-state index contributed by atoms with van der Waals surface area (Å²) in [5.74, 6) is 1.18. The summed E-state index contributed by atoms with van der Waals surface area (Å²) < 4.78 is 61.4. The molecule has 0 aromatic carbocycles. The van der Waals surface area contributed by atoms with Crippen LogP contribution in [-0.2, 0) is 10.0 Å². The molecule has 0 spiro atoms. The van der Waals surface area contributed by atoms with Crippen molar-refractivity contribution < 1.29 is 21.6 Å². The van der Waals surface area contributed by atoms with Crippen molar-refractivity contribution in [3.05, 3.63) is 0 Å². The van der Waals surface area contributed by atoms with E-state index in [4.69, 9.17) is 0 Å². The molecular weight excluding hydrogens is 381 g/mol. The van der Waals surface area contributed by atoms with Crippen LogP contribution in [0.1, 0.15) is 53.9 Å². The topological polar surface area (TPSA) is 73.8 Å². The predicted octanol–water partition coefficient (Wildman–Crippen LogP) is 2.93. The first kappa shape index (κ1) is 24.0. The summed E-state index contributed by atoms with van der Waals surface area (Å²) >= 11 is 0. The molecule has 160 valence electrons. The molecule has 0 saturated carbocycles. The Kier molecular flexibility index (Phi) is 8.40. The molecule has 0 unspecified atom stereocenters. The fourth-order valence-electron chi connectivity index (χ4n) is 3.36. The Balaban J connectivity index is 2.67. The lowest BCUT2D eigenvalue weighted by molar-refractivity contribution is -0.0494. The first-order valence-corrected chi connectivity index (χ1v) is 10.8. The number of piperidine rings is 1. The van der Waals surface area contributed by atoms with Crippen LogP contribution in [0.2, 0.25) is 0 Å². The zero-order chi connectivity index (χ0) is 20.9. The lowest BCUT2D eigenvalue weighted by Crippen LogP contribution is -2.51. The summed E-state index contributed by atoms with van der Waals surface area (Å²) in [6.45, 7) is 11.6. The molecule has 0 aromatic rings. The minimum atomic E-state index is -5.24. The van der Waals surface area contributed by atoms with E-state index in [1.807, 2.05) is 6.92 Å². The Morgan fingerprint density at radius 2 is 1.78 bits per heavy atom. The van der Waals surface area contributed by atoms with Crippen molar-refractivity contribution in [2.45, 2.75) is 65.4 Å². The second kappa shape index (κ2) is 9.45. The molecular formula is C17H33F3N4O2S. The van der Waals surface area contributed by atoms with Crippen LogP contribution in [0.3, 0.4) is 0 Å². The Morgan fingerprint density at radius 3 is 2.22 bits per heavy atom. The van der Waals surface area contributed by atoms with Crippen LogP contribution in [0.5, 0.6) is 0 Å². The van der Waals surface area contributed by atoms with Crippen LogP contribution in [0, 0.1) is 11.3 Å². The van der Waals surface area contributed by atoms with Gasteiger partial charge in [0.1, 0.15) is 0 Å². The molecule has 0 atom stereocenters. The van der Waals surface area contributed by atoms with Gasteiger partial charge in [-0.05, 0) is 37.5 Å². The van der Waals surface area contributed by atoms with E-state index in [9.17, 15) is 21.6 Å². The number of guanidine groups is 1. The molecule has 0 bridgehead atoms. The van der Waals surface area contributed by atoms with Gasteiger partial charge in [0.15, 0.2) is 5.96 Å². The highest BCUT2D eigenvalue weighted by molar-refractivity contribution is 7.90. The van der Waals surface area contributed by atoms with Crippen molar-refractivity contribution in [3.63, 3.8) is 0 Å². The first-order chi connectivity index (χ1) is 12.3. The van der Waals surface area contributed by atoms with Gasteiger partial charge in [-0.25, -0.2) is 8.42 Å². The average Bonchev–Trinajstić information content (AvgIpc) is 2.51. The molecule has 0 radical (unpaired) electrons. The molecule has 1 saturated heterocycles. The molecule has 27 heavy (non-hydrogen) atoms. The van der Waals surface area contributed by atoms with Gasteiger partial charge in [0.25, 0.3) is 0 Å². The second-order valence-corrected chi connectivity index (χ2v) is 10.2. The minimum Gasteiger partial charge on any atom is -0.357 e. The molecule has 0 aromatic heterocycles. The smallest absolute Gasteiger partial charge is 0.357 e. The van der Waals surface area contributed by atoms with E-state index in [0.29, 0.717) is 42.1 Å². The van der Waals surface area contributed by atoms with Gasteiger partial charge in [-0.2, -0.15) is 17.5 Å². The quantitative estimate of drug-likeness (QED) is 0.496. The lowest BCUT2D eigenvalue weighted by atomic mass is 9.84. The highest BCUT2D eigenvalue weighted by atomic mass is 32.2. The number of alkyl halides is 3. The summed E-state index contributed by atoms with van der Waals surface area (Å²) in [5, 5.41) is 6.38. The molecule has 1 aliphatic heterocycles. The Morgan fingerprint density at radius 1 is 1.22 bits per heavy atom. The molecule has 6 nitrogen and oxygen atoms in total. The molecule has 0 amide bonds. The number of halogens is 3. The van der Waals surface area contributed by atoms with Crippen molar-refractivity contribution in [1.82, 2.24) is 14.9 Å². The first-order valence-electron chi connectivity index (χ1n) is 9.40. The molecule has 0 aliphatic carbocycles. The van der Waals surface area contributed by atoms with E-state index in [1.54, 1.807) is 0 Å². The van der Waals surface area contributed by atoms with Crippen LogP contribution >= 0.6 is 0 Å². The maximum absolute atomic E-state index is 12.7. The van der Waals surface area contributed by atoms with Gasteiger partial charge >= 0.3 is 15.5 Å². The van der Waals surface area contributed by atoms with E-state index in [0.717, 1.165) is 6.42 Å². The molecule has 1 rings (SSSR count). The van der Waals surface area contributed by atoms with Crippen molar-refractivity contribution in [2.75, 3.05) is 26.2 Å². The Hall–Kier alpha value is -1.03. The van der Waals surface area contributed by atoms with Gasteiger partial charge in [0.2, 0.25) is 0 Å². The van der Waals surface area contributed by atoms with Crippen LogP contribution in [0.4, 0.5) is 13.2 Å². The average molecular weight is 415 g/mol. The van der Waals surface area contributed by atoms with Crippen molar-refractivity contribution in [3.8, 4) is 0 Å². The summed E-state index contributed by atoms with van der Waals surface area (Å²) in [5.41, 5.74) is -5.20. The van der Waals surface area contributed by atoms with E-state index >= 15 is 0 Å². The number of nitrogens with zero attached hydrogens (tertiary/aromatic N) is 2. The third kappa shape index (κ3) is 7.48. The number of sulfonamides is 1. The third-order valence-corrected chi connectivity index (χ3v) is 6.03. The van der Waals surface area contributed by atoms with E-state index in [1.165, 1.54) is 0 Å². The van der Waals surface area contributed by atoms with Gasteiger partial charge in [0, 0.05) is 32.2 Å². The van der Waals surface area contributed by atoms with Gasteiger partial charge in [0.05, 0.1) is 0 Å². The van der Waals surface area contributed by atoms with Crippen LogP contribution in [0.25, 0.3) is 0 Å². The highest BCUT2D eigenvalue weighted by Gasteiger charge is 2.50. The van der Waals surface area contributed by atoms with Crippen LogP contribution in [-0.4, -0.2) is 56.4 Å². The summed E-state index contributed by atoms with van der Waals surface area (Å²) in [7, 11) is -5.24. The fourth-order valence-corrected chi connectivity index (χ4v) is 4.35. The molecule has 1 heterocycles. The van der Waals surface area contributed by atoms with Gasteiger partial charge in [-0.1, -0.05) is 27.7 Å². The Labute approximate surface area is 161 Å². The molecule has 1 aliphatic rings. The zero-order valence-electron chi connectivity index (χ0n) is 16.9. The normalized spacial score (nSPS) is 18.8. The number of hydrogen-bond acceptors (Lipinski definition) is 3. The largest absolute Gasteiger partial charge is 0.511 e. The van der Waals surface area contributed by atoms with E-state index in [-0.39, 0.29) is 24.5 Å². The summed E-state index contributed by atoms with van der Waals surface area (Å²) in [6, 6.07) is -0.115. The Bertz CT molecular complexity index is 596. The van der Waals surface area contributed by atoms with Crippen LogP contribution < -0.4 is 10.6 Å². The standard InChI is InChI=1S/C17H33F3N4O2S/c1-6-21-15(22-12-16(4,5)11-13(2)3)23-14-7-9-24(10-8-14)27(25,26)17(18,19)20/h13-14H,6-12H2,1-5H3,(H2,21,22,23). The molecule has 10 heteroatoms. The van der Waals surface area contributed by atoms with Crippen molar-refractivity contribution in [1.29, 1.82) is 0 Å². The third-order valence-electron chi connectivity index (χ3n) is 4.40. The summed E-state index contributed by atoms with van der Waals surface area (Å²) in [4.78, 5) is 4.62. The van der Waals surface area contributed by atoms with Gasteiger partial charge in [-0.15, -0.1) is 0 Å². The van der Waals surface area contributed by atoms with Crippen LogP contribution in [0.15, 0.2) is 4.99 Å². The molecule has 1 fully saturated rings. The monoisotopic (exact) mass is 414 g/mol.